The Kier molecular flexibility index (Phi) is 3.65. The summed E-state index contributed by atoms with van der Waals surface area (Å²) in [6.07, 6.45) is -1.33. The number of piperazine rings is 1. The lowest BCUT2D eigenvalue weighted by molar-refractivity contribution is -0.286. The van der Waals surface area contributed by atoms with E-state index in [1.165, 1.54) is 0 Å². The van der Waals surface area contributed by atoms with E-state index in [4.69, 9.17) is 0 Å². The van der Waals surface area contributed by atoms with Gasteiger partial charge in [-0.3, -0.25) is 0 Å². The van der Waals surface area contributed by atoms with Crippen LogP contribution in [0.4, 0.5) is 14.5 Å². The molecular weight excluding hydrogens is 278 g/mol. The van der Waals surface area contributed by atoms with Gasteiger partial charge in [-0.05, 0) is 25.5 Å². The molecule has 0 aliphatic carbocycles. The van der Waals surface area contributed by atoms with Gasteiger partial charge >= 0.3 is 6.29 Å². The highest BCUT2D eigenvalue weighted by molar-refractivity contribution is 5.58. The van der Waals surface area contributed by atoms with Gasteiger partial charge < -0.3 is 19.7 Å². The van der Waals surface area contributed by atoms with Crippen LogP contribution in [-0.2, 0) is 0 Å². The van der Waals surface area contributed by atoms with E-state index in [1.807, 2.05) is 6.07 Å². The summed E-state index contributed by atoms with van der Waals surface area (Å²) in [6.45, 7) is 6.03. The number of nitrogens with one attached hydrogen (secondary N) is 1. The number of halogens is 2. The van der Waals surface area contributed by atoms with Crippen LogP contribution >= 0.6 is 0 Å². The molecule has 2 heterocycles. The van der Waals surface area contributed by atoms with Crippen molar-refractivity contribution in [2.24, 2.45) is 0 Å². The van der Waals surface area contributed by atoms with Crippen molar-refractivity contribution in [3.8, 4) is 11.5 Å². The van der Waals surface area contributed by atoms with Crippen molar-refractivity contribution in [2.45, 2.75) is 45.1 Å². The molecule has 4 nitrogen and oxygen atoms in total. The lowest BCUT2D eigenvalue weighted by Crippen LogP contribution is -2.55. The Labute approximate surface area is 123 Å². The zero-order valence-electron chi connectivity index (χ0n) is 12.2. The van der Waals surface area contributed by atoms with Gasteiger partial charge in [0.2, 0.25) is 0 Å². The predicted molar refractivity (Wildman–Crippen MR) is 76.2 cm³/mol. The molecule has 0 saturated carbocycles. The maximum atomic E-state index is 13.1. The monoisotopic (exact) mass is 298 g/mol. The molecule has 21 heavy (non-hydrogen) atoms. The molecule has 3 rings (SSSR count). The number of hydrogen-bond acceptors (Lipinski definition) is 4. The van der Waals surface area contributed by atoms with Crippen molar-refractivity contribution in [1.82, 2.24) is 5.32 Å². The summed E-state index contributed by atoms with van der Waals surface area (Å²) >= 11 is 0. The Hall–Kier alpha value is -1.56. The molecule has 1 N–H and O–H groups in total. The number of nitrogens with zero attached hydrogens (tertiary/aromatic N) is 1. The molecule has 1 saturated heterocycles. The lowest BCUT2D eigenvalue weighted by Gasteiger charge is -2.40. The van der Waals surface area contributed by atoms with Gasteiger partial charge in [-0.15, -0.1) is 8.78 Å². The Morgan fingerprint density at radius 1 is 1.33 bits per heavy atom. The molecule has 2 atom stereocenters. The number of alkyl halides is 2. The predicted octanol–water partition coefficient (Wildman–Crippen LogP) is 2.97. The van der Waals surface area contributed by atoms with Crippen molar-refractivity contribution in [2.75, 3.05) is 18.0 Å². The zero-order valence-corrected chi connectivity index (χ0v) is 12.2. The van der Waals surface area contributed by atoms with E-state index in [9.17, 15) is 8.78 Å². The van der Waals surface area contributed by atoms with Crippen LogP contribution in [-0.4, -0.2) is 31.5 Å². The molecule has 0 bridgehead atoms. The van der Waals surface area contributed by atoms with E-state index >= 15 is 0 Å². The Morgan fingerprint density at radius 2 is 2.10 bits per heavy atom. The zero-order chi connectivity index (χ0) is 15.0. The second-order valence-electron chi connectivity index (χ2n) is 5.69. The number of benzene rings is 1. The van der Waals surface area contributed by atoms with Gasteiger partial charge in [0, 0.05) is 36.9 Å². The lowest BCUT2D eigenvalue weighted by atomic mass is 10.0. The number of rotatable bonds is 3. The van der Waals surface area contributed by atoms with E-state index in [2.05, 4.69) is 33.5 Å². The van der Waals surface area contributed by atoms with Crippen LogP contribution < -0.4 is 19.7 Å². The highest BCUT2D eigenvalue weighted by Gasteiger charge is 2.43. The van der Waals surface area contributed by atoms with E-state index < -0.39 is 6.29 Å². The fourth-order valence-corrected chi connectivity index (χ4v) is 2.95. The van der Waals surface area contributed by atoms with E-state index in [0.717, 1.165) is 31.6 Å². The molecule has 1 fully saturated rings. The van der Waals surface area contributed by atoms with Crippen LogP contribution in [0.3, 0.4) is 0 Å². The minimum absolute atomic E-state index is 0.0941. The van der Waals surface area contributed by atoms with Crippen LogP contribution in [0.15, 0.2) is 18.2 Å². The van der Waals surface area contributed by atoms with Gasteiger partial charge in [-0.1, -0.05) is 13.3 Å². The number of anilines is 1. The van der Waals surface area contributed by atoms with Gasteiger partial charge in [0.15, 0.2) is 11.5 Å². The fraction of sp³-hybridized carbons (Fsp3) is 0.600. The summed E-state index contributed by atoms with van der Waals surface area (Å²) in [5.41, 5.74) is 0.894. The topological polar surface area (TPSA) is 33.7 Å². The van der Waals surface area contributed by atoms with Gasteiger partial charge in [0.05, 0.1) is 0 Å². The number of fused-ring (bicyclic) bond motifs is 1. The van der Waals surface area contributed by atoms with E-state index in [-0.39, 0.29) is 11.5 Å². The first-order valence-corrected chi connectivity index (χ1v) is 7.38. The Balaban J connectivity index is 1.80. The van der Waals surface area contributed by atoms with Crippen LogP contribution in [0, 0.1) is 0 Å². The summed E-state index contributed by atoms with van der Waals surface area (Å²) in [7, 11) is 0. The van der Waals surface area contributed by atoms with Crippen molar-refractivity contribution in [1.29, 1.82) is 0 Å². The summed E-state index contributed by atoms with van der Waals surface area (Å²) in [5.74, 6) is 0.201. The molecular formula is C15H20F2N2O2. The molecule has 0 radical (unpaired) electrons. The summed E-state index contributed by atoms with van der Waals surface area (Å²) < 4.78 is 35.1. The van der Waals surface area contributed by atoms with Gasteiger partial charge in [0.25, 0.3) is 0 Å². The van der Waals surface area contributed by atoms with Crippen molar-refractivity contribution >= 4 is 5.69 Å². The van der Waals surface area contributed by atoms with Crippen LogP contribution in [0.5, 0.6) is 11.5 Å². The molecule has 116 valence electrons. The average Bonchev–Trinajstić information content (AvgIpc) is 2.74. The van der Waals surface area contributed by atoms with Gasteiger partial charge in [-0.2, -0.15) is 0 Å². The van der Waals surface area contributed by atoms with Crippen LogP contribution in [0.2, 0.25) is 0 Å². The number of hydrogen-bond donors (Lipinski definition) is 1. The second kappa shape index (κ2) is 5.33. The van der Waals surface area contributed by atoms with E-state index in [1.54, 1.807) is 12.1 Å². The summed E-state index contributed by atoms with van der Waals surface area (Å²) in [5, 5.41) is 3.52. The Morgan fingerprint density at radius 3 is 2.86 bits per heavy atom. The third kappa shape index (κ3) is 2.90. The first-order chi connectivity index (χ1) is 9.98. The SMILES string of the molecule is CCCC1CN(c2ccc3c(c2)OC(F)(F)O3)C(C)CN1. The molecule has 2 unspecified atom stereocenters. The van der Waals surface area contributed by atoms with Gasteiger partial charge in [0.1, 0.15) is 0 Å². The molecule has 2 aliphatic heterocycles. The molecule has 0 aromatic heterocycles. The smallest absolute Gasteiger partial charge is 0.395 e. The summed E-state index contributed by atoms with van der Waals surface area (Å²) in [6, 6.07) is 5.74. The van der Waals surface area contributed by atoms with Crippen molar-refractivity contribution < 1.29 is 18.3 Å². The molecule has 6 heteroatoms. The molecule has 0 amide bonds. The second-order valence-corrected chi connectivity index (χ2v) is 5.69. The molecule has 0 spiro atoms. The maximum absolute atomic E-state index is 13.1. The molecule has 1 aromatic carbocycles. The Bertz CT molecular complexity index is 524. The van der Waals surface area contributed by atoms with Crippen LogP contribution in [0.25, 0.3) is 0 Å². The fourth-order valence-electron chi connectivity index (χ4n) is 2.95. The highest BCUT2D eigenvalue weighted by Crippen LogP contribution is 2.43. The molecule has 1 aromatic rings. The number of ether oxygens (including phenoxy) is 2. The van der Waals surface area contributed by atoms with E-state index in [0.29, 0.717) is 12.1 Å². The highest BCUT2D eigenvalue weighted by atomic mass is 19.3. The van der Waals surface area contributed by atoms with Crippen molar-refractivity contribution in [3.05, 3.63) is 18.2 Å². The standard InChI is InChI=1S/C15H20F2N2O2/c1-3-4-11-9-19(10(2)8-18-11)12-5-6-13-14(7-12)21-15(16,17)20-13/h5-7,10-11,18H,3-4,8-9H2,1-2H3. The third-order valence-corrected chi connectivity index (χ3v) is 4.00. The average molecular weight is 298 g/mol. The quantitative estimate of drug-likeness (QED) is 0.930. The van der Waals surface area contributed by atoms with Crippen molar-refractivity contribution in [3.63, 3.8) is 0 Å². The first kappa shape index (κ1) is 14.4. The molecule has 2 aliphatic rings. The first-order valence-electron chi connectivity index (χ1n) is 7.38. The third-order valence-electron chi connectivity index (χ3n) is 4.00. The minimum Gasteiger partial charge on any atom is -0.395 e. The largest absolute Gasteiger partial charge is 0.586 e. The normalized spacial score (nSPS) is 27.0. The maximum Gasteiger partial charge on any atom is 0.586 e. The summed E-state index contributed by atoms with van der Waals surface area (Å²) in [4.78, 5) is 2.23. The van der Waals surface area contributed by atoms with Crippen LogP contribution in [0.1, 0.15) is 26.7 Å². The minimum atomic E-state index is -3.55. The van der Waals surface area contributed by atoms with Gasteiger partial charge in [-0.25, -0.2) is 0 Å².